The second-order valence-electron chi connectivity index (χ2n) is 7.63. The maximum atomic E-state index is 12.0. The van der Waals surface area contributed by atoms with E-state index in [-0.39, 0.29) is 12.2 Å². The van der Waals surface area contributed by atoms with Crippen LogP contribution in [0.25, 0.3) is 0 Å². The van der Waals surface area contributed by atoms with Crippen molar-refractivity contribution < 1.29 is 52.7 Å². The van der Waals surface area contributed by atoms with Crippen molar-refractivity contribution in [2.45, 2.75) is 71.4 Å². The lowest BCUT2D eigenvalue weighted by atomic mass is 9.85. The third-order valence-corrected chi connectivity index (χ3v) is 4.92. The first-order valence-corrected chi connectivity index (χ1v) is 10.7. The third kappa shape index (κ3) is 6.75. The lowest BCUT2D eigenvalue weighted by Crippen LogP contribution is -2.66. The normalized spacial score (nSPS) is 26.3. The van der Waals surface area contributed by atoms with Crippen molar-refractivity contribution in [1.82, 2.24) is 0 Å². The maximum absolute atomic E-state index is 12.0. The monoisotopic (exact) mass is 482 g/mol. The Labute approximate surface area is 197 Å². The zero-order valence-electron chi connectivity index (χ0n) is 19.8. The molecule has 5 atom stereocenters. The Bertz CT molecular complexity index is 899. The number of rotatable bonds is 9. The highest BCUT2D eigenvalue weighted by Crippen LogP contribution is 2.42. The highest BCUT2D eigenvalue weighted by Gasteiger charge is 2.60. The maximum Gasteiger partial charge on any atom is 0.303 e. The minimum atomic E-state index is -2.39. The summed E-state index contributed by atoms with van der Waals surface area (Å²) in [5.74, 6) is -5.41. The average molecular weight is 482 g/mol. The van der Waals surface area contributed by atoms with E-state index in [0.717, 1.165) is 20.8 Å². The summed E-state index contributed by atoms with van der Waals surface area (Å²) in [5.41, 5.74) is 0.670. The second-order valence-corrected chi connectivity index (χ2v) is 7.63. The molecule has 1 N–H and O–H groups in total. The number of aliphatic hydroxyl groups is 1. The van der Waals surface area contributed by atoms with Crippen LogP contribution in [0.5, 0.6) is 0 Å². The highest BCUT2D eigenvalue weighted by molar-refractivity contribution is 5.69. The SMILES string of the molecule is CCOCc1ccccc1[C@@]1(O)O[C@H](COC(C)=O)[C@@H](OC(C)=O)[C@H](OC(C)=O)[C@H]1OC(C)=O. The van der Waals surface area contributed by atoms with Crippen LogP contribution in [0.1, 0.15) is 45.7 Å². The summed E-state index contributed by atoms with van der Waals surface area (Å²) in [6.45, 7) is 6.31. The first-order chi connectivity index (χ1) is 16.0. The molecule has 0 spiro atoms. The van der Waals surface area contributed by atoms with E-state index < -0.39 is 60.7 Å². The molecule has 1 heterocycles. The predicted molar refractivity (Wildman–Crippen MR) is 114 cm³/mol. The Morgan fingerprint density at radius 2 is 1.50 bits per heavy atom. The van der Waals surface area contributed by atoms with Crippen LogP contribution in [0.15, 0.2) is 24.3 Å². The molecule has 0 aromatic heterocycles. The van der Waals surface area contributed by atoms with E-state index in [1.165, 1.54) is 13.0 Å². The van der Waals surface area contributed by atoms with E-state index in [1.54, 1.807) is 25.1 Å². The summed E-state index contributed by atoms with van der Waals surface area (Å²) in [4.78, 5) is 47.3. The van der Waals surface area contributed by atoms with Crippen molar-refractivity contribution in [1.29, 1.82) is 0 Å². The topological polar surface area (TPSA) is 144 Å². The minimum Gasteiger partial charge on any atom is -0.463 e. The molecule has 2 rings (SSSR count). The van der Waals surface area contributed by atoms with Crippen molar-refractivity contribution >= 4 is 23.9 Å². The van der Waals surface area contributed by atoms with Crippen molar-refractivity contribution in [3.05, 3.63) is 35.4 Å². The van der Waals surface area contributed by atoms with E-state index in [4.69, 9.17) is 28.4 Å². The summed E-state index contributed by atoms with van der Waals surface area (Å²) < 4.78 is 32.6. The molecule has 11 nitrogen and oxygen atoms in total. The predicted octanol–water partition coefficient (Wildman–Crippen LogP) is 1.13. The number of benzene rings is 1. The molecule has 0 saturated carbocycles. The minimum absolute atomic E-state index is 0.0886. The van der Waals surface area contributed by atoms with Crippen LogP contribution in [-0.4, -0.2) is 66.6 Å². The summed E-state index contributed by atoms with van der Waals surface area (Å²) in [6, 6.07) is 6.55. The van der Waals surface area contributed by atoms with E-state index in [0.29, 0.717) is 12.2 Å². The fourth-order valence-corrected chi connectivity index (χ4v) is 3.70. The van der Waals surface area contributed by atoms with Gasteiger partial charge in [0, 0.05) is 39.9 Å². The quantitative estimate of drug-likeness (QED) is 0.399. The smallest absolute Gasteiger partial charge is 0.303 e. The van der Waals surface area contributed by atoms with Crippen LogP contribution >= 0.6 is 0 Å². The van der Waals surface area contributed by atoms with Gasteiger partial charge in [0.15, 0.2) is 12.2 Å². The van der Waals surface area contributed by atoms with Crippen LogP contribution in [0.4, 0.5) is 0 Å². The van der Waals surface area contributed by atoms with E-state index in [1.807, 2.05) is 0 Å². The lowest BCUT2D eigenvalue weighted by molar-refractivity contribution is -0.360. The molecule has 188 valence electrons. The van der Waals surface area contributed by atoms with E-state index >= 15 is 0 Å². The van der Waals surface area contributed by atoms with Crippen LogP contribution in [0, 0.1) is 0 Å². The fourth-order valence-electron chi connectivity index (χ4n) is 3.70. The number of carbonyl (C=O) groups is 4. The molecule has 1 fully saturated rings. The Morgan fingerprint density at radius 1 is 0.912 bits per heavy atom. The molecule has 0 aliphatic carbocycles. The molecule has 1 aromatic carbocycles. The molecule has 0 bridgehead atoms. The largest absolute Gasteiger partial charge is 0.463 e. The molecule has 1 saturated heterocycles. The van der Waals surface area contributed by atoms with Crippen LogP contribution < -0.4 is 0 Å². The van der Waals surface area contributed by atoms with Gasteiger partial charge in [-0.15, -0.1) is 0 Å². The summed E-state index contributed by atoms with van der Waals surface area (Å²) in [6.07, 6.45) is -5.79. The van der Waals surface area contributed by atoms with Crippen LogP contribution in [0.2, 0.25) is 0 Å². The van der Waals surface area contributed by atoms with Gasteiger partial charge >= 0.3 is 23.9 Å². The molecule has 1 aromatic rings. The molecule has 1 aliphatic heterocycles. The summed E-state index contributed by atoms with van der Waals surface area (Å²) >= 11 is 0. The van der Waals surface area contributed by atoms with Gasteiger partial charge in [0.2, 0.25) is 11.9 Å². The van der Waals surface area contributed by atoms with Gasteiger partial charge in [-0.1, -0.05) is 24.3 Å². The first-order valence-electron chi connectivity index (χ1n) is 10.7. The Hall–Kier alpha value is -3.02. The van der Waals surface area contributed by atoms with Crippen molar-refractivity contribution in [3.63, 3.8) is 0 Å². The Morgan fingerprint density at radius 3 is 2.06 bits per heavy atom. The molecule has 34 heavy (non-hydrogen) atoms. The molecule has 1 aliphatic rings. The number of hydrogen-bond acceptors (Lipinski definition) is 11. The van der Waals surface area contributed by atoms with Gasteiger partial charge < -0.3 is 33.5 Å². The molecule has 0 amide bonds. The molecule has 0 radical (unpaired) electrons. The van der Waals surface area contributed by atoms with Gasteiger partial charge in [0.25, 0.3) is 0 Å². The lowest BCUT2D eigenvalue weighted by Gasteiger charge is -2.49. The Kier molecular flexibility index (Phi) is 9.54. The van der Waals surface area contributed by atoms with Gasteiger partial charge in [0.05, 0.1) is 6.61 Å². The number of ether oxygens (including phenoxy) is 6. The standard InChI is InChI=1S/C23H30O11/c1-6-29-11-17-9-7-8-10-18(17)23(28)22(33-16(5)27)21(32-15(4)26)20(31-14(3)25)19(34-23)12-30-13(2)24/h7-10,19-22,28H,6,11-12H2,1-5H3/t19-,20-,21+,22-,23-/m1/s1. The van der Waals surface area contributed by atoms with Gasteiger partial charge in [-0.2, -0.15) is 0 Å². The first kappa shape index (κ1) is 27.2. The Balaban J connectivity index is 2.68. The zero-order valence-corrected chi connectivity index (χ0v) is 19.8. The summed E-state index contributed by atoms with van der Waals surface area (Å²) in [5, 5.41) is 11.9. The number of carbonyl (C=O) groups excluding carboxylic acids is 4. The van der Waals surface area contributed by atoms with E-state index in [2.05, 4.69) is 0 Å². The van der Waals surface area contributed by atoms with Crippen LogP contribution in [0.3, 0.4) is 0 Å². The highest BCUT2D eigenvalue weighted by atomic mass is 16.7. The van der Waals surface area contributed by atoms with Crippen LogP contribution in [-0.2, 0) is 60.0 Å². The van der Waals surface area contributed by atoms with Gasteiger partial charge in [-0.3, -0.25) is 19.2 Å². The fraction of sp³-hybridized carbons (Fsp3) is 0.565. The van der Waals surface area contributed by atoms with Gasteiger partial charge in [0.1, 0.15) is 12.7 Å². The number of esters is 4. The van der Waals surface area contributed by atoms with Crippen molar-refractivity contribution in [2.75, 3.05) is 13.2 Å². The zero-order chi connectivity index (χ0) is 25.5. The second kappa shape index (κ2) is 11.9. The summed E-state index contributed by atoms with van der Waals surface area (Å²) in [7, 11) is 0. The van der Waals surface area contributed by atoms with Gasteiger partial charge in [-0.05, 0) is 12.5 Å². The van der Waals surface area contributed by atoms with Crippen molar-refractivity contribution in [3.8, 4) is 0 Å². The van der Waals surface area contributed by atoms with E-state index in [9.17, 15) is 24.3 Å². The van der Waals surface area contributed by atoms with Crippen molar-refractivity contribution in [2.24, 2.45) is 0 Å². The molecular weight excluding hydrogens is 452 g/mol. The molecule has 0 unspecified atom stereocenters. The average Bonchev–Trinajstić information content (AvgIpc) is 2.75. The molecular formula is C23H30O11. The number of hydrogen-bond donors (Lipinski definition) is 1. The third-order valence-electron chi connectivity index (χ3n) is 4.92. The molecule has 11 heteroatoms. The van der Waals surface area contributed by atoms with Gasteiger partial charge in [-0.25, -0.2) is 0 Å².